The van der Waals surface area contributed by atoms with Gasteiger partial charge in [-0.05, 0) is 5.21 Å². The minimum absolute atomic E-state index is 0.480. The molecule has 0 radical (unpaired) electrons. The molecule has 7 heteroatoms. The zero-order chi connectivity index (χ0) is 8.81. The van der Waals surface area contributed by atoms with E-state index in [0.29, 0.717) is 5.82 Å². The van der Waals surface area contributed by atoms with Crippen LogP contribution < -0.4 is 5.43 Å². The fraction of sp³-hybridized carbons (Fsp3) is 0.400. The van der Waals surface area contributed by atoms with E-state index in [9.17, 15) is 0 Å². The number of rotatable bonds is 4. The number of hydrogen-bond acceptors (Lipinski definition) is 7. The van der Waals surface area contributed by atoms with Gasteiger partial charge in [-0.2, -0.15) is 0 Å². The summed E-state index contributed by atoms with van der Waals surface area (Å²) < 4.78 is 0. The molecule has 1 aromatic rings. The molecule has 0 aromatic carbocycles. The van der Waals surface area contributed by atoms with Crippen LogP contribution in [0.4, 0.5) is 5.82 Å². The topological polar surface area (TPSA) is 72.4 Å². The summed E-state index contributed by atoms with van der Waals surface area (Å²) in [6.45, 7) is 0. The molecule has 12 heavy (non-hydrogen) atoms. The first-order chi connectivity index (χ1) is 5.86. The molecule has 0 unspecified atom stereocenters. The van der Waals surface area contributed by atoms with Crippen molar-refractivity contribution in [1.82, 2.24) is 20.7 Å². The van der Waals surface area contributed by atoms with Gasteiger partial charge in [0.05, 0.1) is 20.4 Å². The van der Waals surface area contributed by atoms with E-state index in [4.69, 9.17) is 9.68 Å². The highest BCUT2D eigenvalue weighted by Gasteiger charge is 2.01. The largest absolute Gasteiger partial charge is 0.259 e. The number of nitrogens with one attached hydrogen (secondary N) is 1. The summed E-state index contributed by atoms with van der Waals surface area (Å²) in [6, 6.07) is 1.62. The van der Waals surface area contributed by atoms with Crippen LogP contribution in [0.15, 0.2) is 12.3 Å². The second-order valence-electron chi connectivity index (χ2n) is 1.74. The van der Waals surface area contributed by atoms with Crippen LogP contribution in [-0.4, -0.2) is 35.0 Å². The third-order valence-corrected chi connectivity index (χ3v) is 1.04. The summed E-state index contributed by atoms with van der Waals surface area (Å²) in [5.41, 5.74) is 2.65. The first-order valence-electron chi connectivity index (χ1n) is 3.16. The third kappa shape index (κ3) is 2.38. The molecule has 0 atom stereocenters. The van der Waals surface area contributed by atoms with Crippen molar-refractivity contribution < 1.29 is 9.68 Å². The molecule has 0 spiro atoms. The molecule has 0 aliphatic heterocycles. The molecule has 1 aromatic heterocycles. The van der Waals surface area contributed by atoms with Crippen LogP contribution in [-0.2, 0) is 9.68 Å². The zero-order valence-corrected chi connectivity index (χ0v) is 6.76. The van der Waals surface area contributed by atoms with Gasteiger partial charge < -0.3 is 0 Å². The molecule has 7 nitrogen and oxygen atoms in total. The van der Waals surface area contributed by atoms with Crippen molar-refractivity contribution in [2.45, 2.75) is 0 Å². The minimum atomic E-state index is 0.480. The Bertz CT molecular complexity index is 214. The van der Waals surface area contributed by atoms with Crippen LogP contribution >= 0.6 is 0 Å². The second kappa shape index (κ2) is 4.54. The summed E-state index contributed by atoms with van der Waals surface area (Å²) in [5.74, 6) is 0.480. The average molecular weight is 171 g/mol. The normalized spacial score (nSPS) is 10.2. The summed E-state index contributed by atoms with van der Waals surface area (Å²) in [6.07, 6.45) is 1.50. The fourth-order valence-electron chi connectivity index (χ4n) is 0.560. The lowest BCUT2D eigenvalue weighted by atomic mass is 10.6. The van der Waals surface area contributed by atoms with Gasteiger partial charge in [0.2, 0.25) is 0 Å². The summed E-state index contributed by atoms with van der Waals surface area (Å²) >= 11 is 0. The predicted molar refractivity (Wildman–Crippen MR) is 39.3 cm³/mol. The zero-order valence-electron chi connectivity index (χ0n) is 6.76. The number of aromatic nitrogens is 3. The van der Waals surface area contributed by atoms with Gasteiger partial charge in [-0.3, -0.25) is 15.1 Å². The Hall–Kier alpha value is -1.31. The smallest absolute Gasteiger partial charge is 0.170 e. The van der Waals surface area contributed by atoms with Crippen molar-refractivity contribution >= 4 is 5.82 Å². The van der Waals surface area contributed by atoms with E-state index in [0.717, 1.165) is 5.34 Å². The molecule has 0 fully saturated rings. The molecule has 0 amide bonds. The Balaban J connectivity index is 2.51. The number of nitrogens with zero attached hydrogens (tertiary/aromatic N) is 4. The molecule has 1 heterocycles. The number of hydrogen-bond donors (Lipinski definition) is 1. The van der Waals surface area contributed by atoms with Crippen LogP contribution in [0.25, 0.3) is 0 Å². The van der Waals surface area contributed by atoms with Crippen molar-refractivity contribution in [3.05, 3.63) is 12.3 Å². The van der Waals surface area contributed by atoms with Crippen LogP contribution in [0, 0.1) is 0 Å². The SMILES string of the molecule is CON(Nc1ccnnn1)OC. The predicted octanol–water partition coefficient (Wildman–Crippen LogP) is -0.377. The highest BCUT2D eigenvalue weighted by molar-refractivity contribution is 5.27. The van der Waals surface area contributed by atoms with Crippen molar-refractivity contribution in [2.75, 3.05) is 19.6 Å². The Morgan fingerprint density at radius 2 is 2.17 bits per heavy atom. The molecule has 0 aliphatic carbocycles. The van der Waals surface area contributed by atoms with Crippen molar-refractivity contribution in [3.63, 3.8) is 0 Å². The van der Waals surface area contributed by atoms with Crippen molar-refractivity contribution in [1.29, 1.82) is 0 Å². The van der Waals surface area contributed by atoms with Crippen LogP contribution in [0.3, 0.4) is 0 Å². The van der Waals surface area contributed by atoms with Gasteiger partial charge in [-0.25, -0.2) is 0 Å². The Morgan fingerprint density at radius 1 is 1.42 bits per heavy atom. The highest BCUT2D eigenvalue weighted by atomic mass is 17.0. The van der Waals surface area contributed by atoms with E-state index in [2.05, 4.69) is 20.8 Å². The van der Waals surface area contributed by atoms with E-state index >= 15 is 0 Å². The van der Waals surface area contributed by atoms with E-state index in [1.165, 1.54) is 20.4 Å². The number of anilines is 1. The van der Waals surface area contributed by atoms with E-state index in [-0.39, 0.29) is 0 Å². The van der Waals surface area contributed by atoms with Gasteiger partial charge in [0.25, 0.3) is 0 Å². The molecule has 1 rings (SSSR count). The van der Waals surface area contributed by atoms with Gasteiger partial charge in [-0.1, -0.05) is 0 Å². The lowest BCUT2D eigenvalue weighted by molar-refractivity contribution is -0.326. The Kier molecular flexibility index (Phi) is 3.33. The molecular formula is C5H9N5O2. The van der Waals surface area contributed by atoms with E-state index in [1.807, 2.05) is 0 Å². The quantitative estimate of drug-likeness (QED) is 0.619. The lowest BCUT2D eigenvalue weighted by Crippen LogP contribution is -2.28. The maximum atomic E-state index is 4.72. The Labute approximate surface area is 69.2 Å². The van der Waals surface area contributed by atoms with Crippen molar-refractivity contribution in [3.8, 4) is 0 Å². The molecular weight excluding hydrogens is 162 g/mol. The average Bonchev–Trinajstić information content (AvgIpc) is 2.16. The van der Waals surface area contributed by atoms with Crippen molar-refractivity contribution in [2.24, 2.45) is 0 Å². The highest BCUT2D eigenvalue weighted by Crippen LogP contribution is 1.98. The summed E-state index contributed by atoms with van der Waals surface area (Å²) in [4.78, 5) is 9.43. The molecule has 0 bridgehead atoms. The maximum Gasteiger partial charge on any atom is 0.170 e. The fourth-order valence-corrected chi connectivity index (χ4v) is 0.560. The first-order valence-corrected chi connectivity index (χ1v) is 3.16. The maximum absolute atomic E-state index is 4.72. The molecule has 0 aliphatic rings. The van der Waals surface area contributed by atoms with Crippen LogP contribution in [0.2, 0.25) is 0 Å². The second-order valence-corrected chi connectivity index (χ2v) is 1.74. The molecule has 66 valence electrons. The molecule has 0 saturated heterocycles. The molecule has 1 N–H and O–H groups in total. The Morgan fingerprint density at radius 3 is 2.67 bits per heavy atom. The van der Waals surface area contributed by atoms with Crippen LogP contribution in [0.5, 0.6) is 0 Å². The van der Waals surface area contributed by atoms with Gasteiger partial charge >= 0.3 is 0 Å². The lowest BCUT2D eigenvalue weighted by Gasteiger charge is -2.15. The van der Waals surface area contributed by atoms with E-state index in [1.54, 1.807) is 6.07 Å². The minimum Gasteiger partial charge on any atom is -0.259 e. The van der Waals surface area contributed by atoms with Gasteiger partial charge in [0, 0.05) is 11.4 Å². The summed E-state index contributed by atoms with van der Waals surface area (Å²) in [7, 11) is 2.90. The van der Waals surface area contributed by atoms with Gasteiger partial charge in [-0.15, -0.1) is 10.2 Å². The monoisotopic (exact) mass is 171 g/mol. The van der Waals surface area contributed by atoms with E-state index < -0.39 is 0 Å². The molecule has 0 saturated carbocycles. The van der Waals surface area contributed by atoms with Crippen LogP contribution in [0.1, 0.15) is 0 Å². The van der Waals surface area contributed by atoms with Gasteiger partial charge in [0.15, 0.2) is 5.82 Å². The third-order valence-electron chi connectivity index (χ3n) is 1.04. The number of hydrazine groups is 1. The first kappa shape index (κ1) is 8.78. The summed E-state index contributed by atoms with van der Waals surface area (Å²) in [5, 5.41) is 11.6. The standard InChI is InChI=1S/C5H9N5O2/c1-11-10(12-2)8-5-3-4-6-9-7-5/h3-4H,1-2H3,(H,6,7,8). The van der Waals surface area contributed by atoms with Gasteiger partial charge in [0.1, 0.15) is 0 Å².